The third-order valence-electron chi connectivity index (χ3n) is 4.82. The number of nitrogens with one attached hydrogen (secondary N) is 1. The summed E-state index contributed by atoms with van der Waals surface area (Å²) in [6, 6.07) is 0.818. The van der Waals surface area contributed by atoms with Crippen LogP contribution in [0, 0.1) is 17.8 Å². The van der Waals surface area contributed by atoms with Crippen LogP contribution in [0.4, 0.5) is 0 Å². The Bertz CT molecular complexity index is 196. The van der Waals surface area contributed by atoms with Gasteiger partial charge < -0.3 is 5.32 Å². The summed E-state index contributed by atoms with van der Waals surface area (Å²) in [5.74, 6) is 2.84. The van der Waals surface area contributed by atoms with Crippen LogP contribution in [0.1, 0.15) is 65.2 Å². The van der Waals surface area contributed by atoms with Crippen molar-refractivity contribution in [2.75, 3.05) is 6.54 Å². The van der Waals surface area contributed by atoms with E-state index in [0.717, 1.165) is 23.8 Å². The maximum absolute atomic E-state index is 3.86. The molecule has 1 N–H and O–H groups in total. The molecule has 2 saturated carbocycles. The fourth-order valence-corrected chi connectivity index (χ4v) is 3.68. The summed E-state index contributed by atoms with van der Waals surface area (Å²) in [4.78, 5) is 0. The van der Waals surface area contributed by atoms with Crippen molar-refractivity contribution in [2.24, 2.45) is 17.8 Å². The highest BCUT2D eigenvalue weighted by molar-refractivity contribution is 4.82. The van der Waals surface area contributed by atoms with Crippen molar-refractivity contribution in [1.29, 1.82) is 0 Å². The lowest BCUT2D eigenvalue weighted by Crippen LogP contribution is -2.41. The van der Waals surface area contributed by atoms with Gasteiger partial charge in [-0.25, -0.2) is 0 Å². The van der Waals surface area contributed by atoms with Crippen molar-refractivity contribution in [2.45, 2.75) is 71.3 Å². The monoisotopic (exact) mass is 223 g/mol. The van der Waals surface area contributed by atoms with Crippen LogP contribution >= 0.6 is 0 Å². The van der Waals surface area contributed by atoms with Crippen molar-refractivity contribution in [1.82, 2.24) is 5.32 Å². The van der Waals surface area contributed by atoms with Gasteiger partial charge in [-0.1, -0.05) is 33.1 Å². The first kappa shape index (κ1) is 12.4. The Hall–Kier alpha value is -0.0400. The van der Waals surface area contributed by atoms with E-state index < -0.39 is 0 Å². The molecule has 2 aliphatic carbocycles. The lowest BCUT2D eigenvalue weighted by molar-refractivity contribution is 0.213. The van der Waals surface area contributed by atoms with Gasteiger partial charge in [0.1, 0.15) is 0 Å². The molecule has 0 amide bonds. The molecule has 0 spiro atoms. The smallest absolute Gasteiger partial charge is 0.00930 e. The molecule has 0 aromatic carbocycles. The van der Waals surface area contributed by atoms with Crippen molar-refractivity contribution in [3.8, 4) is 0 Å². The molecule has 0 aliphatic heterocycles. The van der Waals surface area contributed by atoms with Crippen LogP contribution < -0.4 is 5.32 Å². The molecule has 2 rings (SSSR count). The van der Waals surface area contributed by atoms with Crippen LogP contribution in [0.25, 0.3) is 0 Å². The maximum atomic E-state index is 3.86. The molecule has 2 aliphatic rings. The molecular weight excluding hydrogens is 194 g/mol. The Kier molecular flexibility index (Phi) is 4.69. The predicted octanol–water partition coefficient (Wildman–Crippen LogP) is 3.98. The highest BCUT2D eigenvalue weighted by atomic mass is 14.9. The highest BCUT2D eigenvalue weighted by Gasteiger charge is 2.25. The summed E-state index contributed by atoms with van der Waals surface area (Å²) >= 11 is 0. The van der Waals surface area contributed by atoms with Gasteiger partial charge in [0.25, 0.3) is 0 Å². The number of rotatable bonds is 3. The Labute approximate surface area is 101 Å². The van der Waals surface area contributed by atoms with E-state index in [1.807, 2.05) is 0 Å². The Morgan fingerprint density at radius 1 is 0.938 bits per heavy atom. The third-order valence-corrected chi connectivity index (χ3v) is 4.82. The molecule has 3 unspecified atom stereocenters. The first-order valence-corrected chi connectivity index (χ1v) is 7.49. The van der Waals surface area contributed by atoms with Gasteiger partial charge in [-0.05, 0) is 56.4 Å². The average molecular weight is 223 g/mol. The normalized spacial score (nSPS) is 37.5. The molecule has 0 aromatic heterocycles. The molecule has 16 heavy (non-hydrogen) atoms. The summed E-state index contributed by atoms with van der Waals surface area (Å²) in [7, 11) is 0. The third kappa shape index (κ3) is 3.48. The van der Waals surface area contributed by atoms with Crippen LogP contribution in [0.15, 0.2) is 0 Å². The second kappa shape index (κ2) is 6.05. The largest absolute Gasteiger partial charge is 0.313 e. The predicted molar refractivity (Wildman–Crippen MR) is 70.5 cm³/mol. The van der Waals surface area contributed by atoms with Crippen LogP contribution in [0.5, 0.6) is 0 Å². The van der Waals surface area contributed by atoms with Gasteiger partial charge in [0.2, 0.25) is 0 Å². The van der Waals surface area contributed by atoms with Crippen LogP contribution in [-0.2, 0) is 0 Å². The highest BCUT2D eigenvalue weighted by Crippen LogP contribution is 2.29. The zero-order chi connectivity index (χ0) is 11.4. The van der Waals surface area contributed by atoms with Crippen molar-refractivity contribution < 1.29 is 0 Å². The molecule has 1 nitrogen and oxygen atoms in total. The maximum Gasteiger partial charge on any atom is 0.00930 e. The second-order valence-electron chi connectivity index (χ2n) is 6.41. The van der Waals surface area contributed by atoms with E-state index in [2.05, 4.69) is 19.2 Å². The second-order valence-corrected chi connectivity index (χ2v) is 6.41. The summed E-state index contributed by atoms with van der Waals surface area (Å²) in [5, 5.41) is 3.86. The molecule has 0 saturated heterocycles. The minimum Gasteiger partial charge on any atom is -0.313 e. The van der Waals surface area contributed by atoms with Crippen molar-refractivity contribution >= 4 is 0 Å². The zero-order valence-corrected chi connectivity index (χ0v) is 11.2. The lowest BCUT2D eigenvalue weighted by atomic mass is 9.79. The van der Waals surface area contributed by atoms with E-state index in [9.17, 15) is 0 Å². The molecule has 0 radical (unpaired) electrons. The summed E-state index contributed by atoms with van der Waals surface area (Å²) in [5.41, 5.74) is 0. The molecular formula is C15H29N. The van der Waals surface area contributed by atoms with Gasteiger partial charge in [-0.2, -0.15) is 0 Å². The summed E-state index contributed by atoms with van der Waals surface area (Å²) in [6.45, 7) is 6.14. The fourth-order valence-electron chi connectivity index (χ4n) is 3.68. The van der Waals surface area contributed by atoms with Crippen LogP contribution in [0.3, 0.4) is 0 Å². The van der Waals surface area contributed by atoms with E-state index in [1.54, 1.807) is 0 Å². The van der Waals surface area contributed by atoms with Crippen molar-refractivity contribution in [3.63, 3.8) is 0 Å². The molecule has 0 aromatic rings. The standard InChI is InChI=1S/C15H29N/c1-12-8-9-15(13(2)10-12)16-11-14-6-4-3-5-7-14/h12-16H,3-11H2,1-2H3. The fraction of sp³-hybridized carbons (Fsp3) is 1.00. The molecule has 3 atom stereocenters. The first-order chi connectivity index (χ1) is 7.75. The minimum atomic E-state index is 0.818. The van der Waals surface area contributed by atoms with E-state index in [4.69, 9.17) is 0 Å². The molecule has 0 heterocycles. The van der Waals surface area contributed by atoms with Gasteiger partial charge in [-0.3, -0.25) is 0 Å². The minimum absolute atomic E-state index is 0.818. The molecule has 1 heteroatoms. The lowest BCUT2D eigenvalue weighted by Gasteiger charge is -2.35. The van der Waals surface area contributed by atoms with E-state index in [1.165, 1.54) is 57.9 Å². The van der Waals surface area contributed by atoms with Crippen molar-refractivity contribution in [3.05, 3.63) is 0 Å². The Morgan fingerprint density at radius 2 is 1.69 bits per heavy atom. The first-order valence-electron chi connectivity index (χ1n) is 7.49. The van der Waals surface area contributed by atoms with Gasteiger partial charge in [0, 0.05) is 6.04 Å². The quantitative estimate of drug-likeness (QED) is 0.763. The van der Waals surface area contributed by atoms with Gasteiger partial charge >= 0.3 is 0 Å². The van der Waals surface area contributed by atoms with E-state index >= 15 is 0 Å². The number of hydrogen-bond acceptors (Lipinski definition) is 1. The van der Waals surface area contributed by atoms with Gasteiger partial charge in [0.05, 0.1) is 0 Å². The summed E-state index contributed by atoms with van der Waals surface area (Å²) in [6.07, 6.45) is 11.7. The van der Waals surface area contributed by atoms with E-state index in [-0.39, 0.29) is 0 Å². The topological polar surface area (TPSA) is 12.0 Å². The molecule has 0 bridgehead atoms. The Balaban J connectivity index is 1.68. The molecule has 2 fully saturated rings. The van der Waals surface area contributed by atoms with Crippen LogP contribution in [0.2, 0.25) is 0 Å². The van der Waals surface area contributed by atoms with Gasteiger partial charge in [-0.15, -0.1) is 0 Å². The number of hydrogen-bond donors (Lipinski definition) is 1. The average Bonchev–Trinajstić information content (AvgIpc) is 2.29. The van der Waals surface area contributed by atoms with Crippen LogP contribution in [-0.4, -0.2) is 12.6 Å². The van der Waals surface area contributed by atoms with Gasteiger partial charge in [0.15, 0.2) is 0 Å². The summed E-state index contributed by atoms with van der Waals surface area (Å²) < 4.78 is 0. The van der Waals surface area contributed by atoms with E-state index in [0.29, 0.717) is 0 Å². The Morgan fingerprint density at radius 3 is 2.38 bits per heavy atom. The SMILES string of the molecule is CC1CCC(NCC2CCCCC2)C(C)C1. The molecule has 94 valence electrons. The zero-order valence-electron chi connectivity index (χ0n) is 11.2.